The molecule has 0 spiro atoms. The molecule has 136 valence electrons. The molecule has 2 unspecified atom stereocenters. The summed E-state index contributed by atoms with van der Waals surface area (Å²) in [5, 5.41) is 4.83. The Labute approximate surface area is 155 Å². The third-order valence-electron chi connectivity index (χ3n) is 5.33. The number of piperazine rings is 1. The van der Waals surface area contributed by atoms with Crippen molar-refractivity contribution in [3.63, 3.8) is 0 Å². The van der Waals surface area contributed by atoms with Crippen molar-refractivity contribution in [2.75, 3.05) is 13.1 Å². The van der Waals surface area contributed by atoms with Crippen LogP contribution in [0.4, 0.5) is 0 Å². The second-order valence-electron chi connectivity index (χ2n) is 7.10. The minimum atomic E-state index is -0.124. The van der Waals surface area contributed by atoms with E-state index in [2.05, 4.69) is 10.1 Å². The van der Waals surface area contributed by atoms with Gasteiger partial charge in [0.2, 0.25) is 0 Å². The van der Waals surface area contributed by atoms with Crippen molar-refractivity contribution in [3.05, 3.63) is 59.6 Å². The Kier molecular flexibility index (Phi) is 3.50. The number of fused-ring (bicyclic) bond motifs is 2. The van der Waals surface area contributed by atoms with Crippen LogP contribution in [-0.4, -0.2) is 56.9 Å². The Balaban J connectivity index is 1.33. The highest BCUT2D eigenvalue weighted by Gasteiger charge is 2.52. The molecule has 3 aromatic rings. The number of hydrogen-bond donors (Lipinski definition) is 0. The van der Waals surface area contributed by atoms with E-state index in [0.29, 0.717) is 30.1 Å². The van der Waals surface area contributed by atoms with Crippen LogP contribution in [0.3, 0.4) is 0 Å². The molecule has 2 amide bonds. The minimum Gasteiger partial charge on any atom is -0.361 e. The predicted molar refractivity (Wildman–Crippen MR) is 97.2 cm³/mol. The van der Waals surface area contributed by atoms with Crippen molar-refractivity contribution in [1.82, 2.24) is 19.9 Å². The van der Waals surface area contributed by atoms with Gasteiger partial charge in [-0.15, -0.1) is 0 Å². The van der Waals surface area contributed by atoms with Crippen LogP contribution in [0.5, 0.6) is 0 Å². The topological polar surface area (TPSA) is 79.5 Å². The first-order chi connectivity index (χ1) is 13.1. The van der Waals surface area contributed by atoms with Crippen LogP contribution in [0.1, 0.15) is 33.0 Å². The Hall–Kier alpha value is -3.22. The number of hydrogen-bond acceptors (Lipinski definition) is 5. The van der Waals surface area contributed by atoms with Crippen LogP contribution < -0.4 is 0 Å². The number of aromatic nitrogens is 2. The zero-order valence-corrected chi connectivity index (χ0v) is 14.8. The molecule has 3 heterocycles. The first kappa shape index (κ1) is 16.0. The number of rotatable bonds is 2. The third-order valence-corrected chi connectivity index (χ3v) is 5.33. The predicted octanol–water partition coefficient (Wildman–Crippen LogP) is 2.27. The molecule has 7 nitrogen and oxygen atoms in total. The minimum absolute atomic E-state index is 0.000525. The van der Waals surface area contributed by atoms with Gasteiger partial charge in [0, 0.05) is 36.3 Å². The largest absolute Gasteiger partial charge is 0.361 e. The summed E-state index contributed by atoms with van der Waals surface area (Å²) < 4.78 is 5.01. The lowest BCUT2D eigenvalue weighted by atomic mass is 10.1. The fraction of sp³-hybridized carbons (Fsp3) is 0.300. The molecule has 1 aliphatic carbocycles. The first-order valence-electron chi connectivity index (χ1n) is 9.02. The Morgan fingerprint density at radius 1 is 1.07 bits per heavy atom. The smallest absolute Gasteiger partial charge is 0.276 e. The summed E-state index contributed by atoms with van der Waals surface area (Å²) in [6, 6.07) is 11.2. The third kappa shape index (κ3) is 2.66. The number of pyridine rings is 1. The van der Waals surface area contributed by atoms with E-state index in [0.717, 1.165) is 17.3 Å². The van der Waals surface area contributed by atoms with Crippen LogP contribution in [0.2, 0.25) is 0 Å². The van der Waals surface area contributed by atoms with Crippen molar-refractivity contribution >= 4 is 22.7 Å². The molecule has 0 N–H and O–H groups in total. The molecule has 2 atom stereocenters. The normalized spacial score (nSPS) is 21.2. The number of amides is 2. The molecule has 1 saturated heterocycles. The molecular formula is C20H18N4O3. The van der Waals surface area contributed by atoms with Crippen LogP contribution in [0, 0.1) is 6.92 Å². The summed E-state index contributed by atoms with van der Waals surface area (Å²) >= 11 is 0. The molecule has 1 aromatic carbocycles. The number of aryl methyl sites for hydroxylation is 1. The highest BCUT2D eigenvalue weighted by molar-refractivity contribution is 5.99. The average Bonchev–Trinajstić information content (AvgIpc) is 3.39. The molecule has 1 aliphatic heterocycles. The maximum absolute atomic E-state index is 13.0. The van der Waals surface area contributed by atoms with E-state index in [1.54, 1.807) is 19.2 Å². The fourth-order valence-electron chi connectivity index (χ4n) is 3.87. The van der Waals surface area contributed by atoms with Crippen LogP contribution in [0.25, 0.3) is 10.9 Å². The van der Waals surface area contributed by atoms with Gasteiger partial charge >= 0.3 is 0 Å². The Morgan fingerprint density at radius 3 is 2.59 bits per heavy atom. The van der Waals surface area contributed by atoms with Gasteiger partial charge in [-0.05, 0) is 31.5 Å². The first-order valence-corrected chi connectivity index (χ1v) is 9.02. The van der Waals surface area contributed by atoms with Gasteiger partial charge in [-0.3, -0.25) is 14.6 Å². The van der Waals surface area contributed by atoms with Crippen LogP contribution >= 0.6 is 0 Å². The van der Waals surface area contributed by atoms with Crippen molar-refractivity contribution in [2.45, 2.75) is 25.4 Å². The molecule has 2 aliphatic rings. The lowest BCUT2D eigenvalue weighted by molar-refractivity contribution is 0.0521. The van der Waals surface area contributed by atoms with Gasteiger partial charge in [0.1, 0.15) is 5.76 Å². The quantitative estimate of drug-likeness (QED) is 0.699. The summed E-state index contributed by atoms with van der Waals surface area (Å²) in [7, 11) is 0. The van der Waals surface area contributed by atoms with Gasteiger partial charge in [-0.25, -0.2) is 0 Å². The highest BCUT2D eigenvalue weighted by Crippen LogP contribution is 2.38. The summed E-state index contributed by atoms with van der Waals surface area (Å²) in [4.78, 5) is 33.7. The van der Waals surface area contributed by atoms with E-state index in [1.165, 1.54) is 0 Å². The lowest BCUT2D eigenvalue weighted by Crippen LogP contribution is -2.50. The zero-order chi connectivity index (χ0) is 18.5. The highest BCUT2D eigenvalue weighted by atomic mass is 16.5. The second kappa shape index (κ2) is 5.90. The summed E-state index contributed by atoms with van der Waals surface area (Å²) in [5.74, 6) is 0.491. The van der Waals surface area contributed by atoms with Crippen LogP contribution in [0.15, 0.2) is 47.1 Å². The number of nitrogens with zero attached hydrogens (tertiary/aromatic N) is 4. The molecule has 7 heteroatoms. The molecular weight excluding hydrogens is 344 g/mol. The van der Waals surface area contributed by atoms with Gasteiger partial charge in [0.15, 0.2) is 5.69 Å². The van der Waals surface area contributed by atoms with E-state index in [-0.39, 0.29) is 23.9 Å². The van der Waals surface area contributed by atoms with Gasteiger partial charge in [-0.2, -0.15) is 0 Å². The Morgan fingerprint density at radius 2 is 1.85 bits per heavy atom. The molecule has 2 aromatic heterocycles. The lowest BCUT2D eigenvalue weighted by Gasteiger charge is -2.34. The molecule has 5 rings (SSSR count). The van der Waals surface area contributed by atoms with Crippen molar-refractivity contribution in [1.29, 1.82) is 0 Å². The monoisotopic (exact) mass is 362 g/mol. The SMILES string of the molecule is Cc1cc(C(=O)N2CCN(C(=O)c3ccc4cccnc4c3)C3CC32)no1. The van der Waals surface area contributed by atoms with E-state index < -0.39 is 0 Å². The number of benzene rings is 1. The molecule has 0 radical (unpaired) electrons. The van der Waals surface area contributed by atoms with Crippen molar-refractivity contribution in [2.24, 2.45) is 0 Å². The zero-order valence-electron chi connectivity index (χ0n) is 14.8. The second-order valence-corrected chi connectivity index (χ2v) is 7.10. The van der Waals surface area contributed by atoms with E-state index in [1.807, 2.05) is 40.1 Å². The standard InChI is InChI=1S/C20H18N4O3/c1-12-9-16(22-27-12)20(26)24-8-7-23(17-11-18(17)24)19(25)14-5-4-13-3-2-6-21-15(13)10-14/h2-6,9-10,17-18H,7-8,11H2,1H3. The Bertz CT molecular complexity index is 1060. The van der Waals surface area contributed by atoms with Gasteiger partial charge in [-0.1, -0.05) is 17.3 Å². The van der Waals surface area contributed by atoms with E-state index >= 15 is 0 Å². The maximum atomic E-state index is 13.0. The fourth-order valence-corrected chi connectivity index (χ4v) is 3.87. The summed E-state index contributed by atoms with van der Waals surface area (Å²) in [5.41, 5.74) is 1.78. The molecule has 2 fully saturated rings. The van der Waals surface area contributed by atoms with Gasteiger partial charge in [0.25, 0.3) is 11.8 Å². The molecule has 0 bridgehead atoms. The van der Waals surface area contributed by atoms with E-state index in [9.17, 15) is 9.59 Å². The number of carbonyl (C=O) groups excluding carboxylic acids is 2. The molecule has 1 saturated carbocycles. The maximum Gasteiger partial charge on any atom is 0.276 e. The van der Waals surface area contributed by atoms with Gasteiger partial charge < -0.3 is 14.3 Å². The van der Waals surface area contributed by atoms with Crippen molar-refractivity contribution in [3.8, 4) is 0 Å². The average molecular weight is 362 g/mol. The van der Waals surface area contributed by atoms with Gasteiger partial charge in [0.05, 0.1) is 17.6 Å². The summed E-state index contributed by atoms with van der Waals surface area (Å²) in [6.45, 7) is 2.78. The van der Waals surface area contributed by atoms with Crippen molar-refractivity contribution < 1.29 is 14.1 Å². The van der Waals surface area contributed by atoms with Crippen LogP contribution in [-0.2, 0) is 0 Å². The molecule has 27 heavy (non-hydrogen) atoms. The number of carbonyl (C=O) groups is 2. The van der Waals surface area contributed by atoms with E-state index in [4.69, 9.17) is 4.52 Å². The summed E-state index contributed by atoms with van der Waals surface area (Å²) in [6.07, 6.45) is 2.53.